The van der Waals surface area contributed by atoms with Crippen LogP contribution in [-0.4, -0.2) is 33.0 Å². The summed E-state index contributed by atoms with van der Waals surface area (Å²) in [4.78, 5) is 17.2. The lowest BCUT2D eigenvalue weighted by Crippen LogP contribution is -2.39. The Balaban J connectivity index is 1.65. The van der Waals surface area contributed by atoms with Gasteiger partial charge in [-0.25, -0.2) is 18.1 Å². The van der Waals surface area contributed by atoms with Crippen molar-refractivity contribution < 1.29 is 17.9 Å². The highest BCUT2D eigenvalue weighted by Crippen LogP contribution is 2.51. The fourth-order valence-electron chi connectivity index (χ4n) is 3.65. The largest absolute Gasteiger partial charge is 0.481 e. The molecule has 1 amide bonds. The summed E-state index contributed by atoms with van der Waals surface area (Å²) in [6.45, 7) is 0.800. The number of fused-ring (bicyclic) bond motifs is 1. The number of hydrogen-bond acceptors (Lipinski definition) is 6. The van der Waals surface area contributed by atoms with Crippen LogP contribution in [0.1, 0.15) is 30.4 Å². The number of benzene rings is 1. The van der Waals surface area contributed by atoms with E-state index in [1.807, 2.05) is 6.07 Å². The molecule has 0 bridgehead atoms. The van der Waals surface area contributed by atoms with Gasteiger partial charge in [0.05, 0.1) is 22.4 Å². The molecule has 2 aromatic rings. The van der Waals surface area contributed by atoms with Gasteiger partial charge in [-0.15, -0.1) is 0 Å². The van der Waals surface area contributed by atoms with Crippen molar-refractivity contribution in [1.29, 1.82) is 0 Å². The number of halogens is 1. The molecule has 0 saturated heterocycles. The van der Waals surface area contributed by atoms with E-state index in [2.05, 4.69) is 15.0 Å². The molecule has 1 aromatic carbocycles. The number of nitrogens with zero attached hydrogens (tertiary/aromatic N) is 1. The molecule has 28 heavy (non-hydrogen) atoms. The zero-order chi connectivity index (χ0) is 19.9. The summed E-state index contributed by atoms with van der Waals surface area (Å²) < 4.78 is 33.4. The first kappa shape index (κ1) is 19.0. The van der Waals surface area contributed by atoms with Crippen molar-refractivity contribution in [3.8, 4) is 5.88 Å². The number of nitrogens with one attached hydrogen (secondary N) is 2. The summed E-state index contributed by atoms with van der Waals surface area (Å²) in [5.41, 5.74) is 1.06. The maximum atomic E-state index is 13.0. The van der Waals surface area contributed by atoms with Gasteiger partial charge in [0.2, 0.25) is 11.8 Å². The van der Waals surface area contributed by atoms with Crippen LogP contribution in [0.15, 0.2) is 35.4 Å². The summed E-state index contributed by atoms with van der Waals surface area (Å²) in [5, 5.41) is 3.51. The molecule has 0 atom stereocenters. The monoisotopic (exact) mass is 421 g/mol. The van der Waals surface area contributed by atoms with E-state index in [9.17, 15) is 13.2 Å². The molecular weight excluding hydrogens is 402 g/mol. The minimum Gasteiger partial charge on any atom is -0.481 e. The average molecular weight is 422 g/mol. The minimum atomic E-state index is -4.01. The first-order valence-electron chi connectivity index (χ1n) is 9.00. The summed E-state index contributed by atoms with van der Waals surface area (Å²) in [6, 6.07) is 6.65. The average Bonchev–Trinajstić information content (AvgIpc) is 3.49. The molecule has 1 aliphatic carbocycles. The van der Waals surface area contributed by atoms with Gasteiger partial charge in [0.15, 0.2) is 0 Å². The number of anilines is 1. The van der Waals surface area contributed by atoms with Gasteiger partial charge in [-0.1, -0.05) is 17.7 Å². The fraction of sp³-hybridized carbons (Fsp3) is 0.368. The van der Waals surface area contributed by atoms with Gasteiger partial charge in [-0.2, -0.15) is 0 Å². The SMILES string of the molecule is COc1cc(C2(C(=O)NS(=O)(=O)c3cccc4c3CCCN4)CC2)c(Cl)cn1. The smallest absolute Gasteiger partial charge is 0.264 e. The lowest BCUT2D eigenvalue weighted by atomic mass is 9.96. The Hall–Kier alpha value is -2.32. The maximum absolute atomic E-state index is 13.0. The molecule has 9 heteroatoms. The first-order chi connectivity index (χ1) is 13.4. The Morgan fingerprint density at radius 3 is 2.86 bits per heavy atom. The van der Waals surface area contributed by atoms with Crippen molar-refractivity contribution in [2.24, 2.45) is 0 Å². The number of methoxy groups -OCH3 is 1. The van der Waals surface area contributed by atoms with Crippen LogP contribution in [0.2, 0.25) is 5.02 Å². The number of amides is 1. The van der Waals surface area contributed by atoms with E-state index in [1.165, 1.54) is 19.4 Å². The molecule has 1 aromatic heterocycles. The van der Waals surface area contributed by atoms with Gasteiger partial charge in [0.25, 0.3) is 10.0 Å². The Kier molecular flexibility index (Phi) is 4.71. The van der Waals surface area contributed by atoms with Crippen LogP contribution in [0.3, 0.4) is 0 Å². The molecule has 1 aliphatic heterocycles. The maximum Gasteiger partial charge on any atom is 0.264 e. The molecule has 0 spiro atoms. The third kappa shape index (κ3) is 3.20. The third-order valence-corrected chi connectivity index (χ3v) is 7.03. The Labute approximate surface area is 168 Å². The molecule has 148 valence electrons. The highest BCUT2D eigenvalue weighted by molar-refractivity contribution is 7.90. The quantitative estimate of drug-likeness (QED) is 0.770. The third-order valence-electron chi connectivity index (χ3n) is 5.31. The van der Waals surface area contributed by atoms with Crippen LogP contribution in [0.4, 0.5) is 5.69 Å². The Bertz CT molecular complexity index is 1050. The van der Waals surface area contributed by atoms with Gasteiger partial charge in [-0.3, -0.25) is 4.79 Å². The van der Waals surface area contributed by atoms with Crippen molar-refractivity contribution in [3.63, 3.8) is 0 Å². The van der Waals surface area contributed by atoms with Gasteiger partial charge >= 0.3 is 0 Å². The summed E-state index contributed by atoms with van der Waals surface area (Å²) >= 11 is 6.25. The lowest BCUT2D eigenvalue weighted by Gasteiger charge is -2.22. The van der Waals surface area contributed by atoms with E-state index in [4.69, 9.17) is 16.3 Å². The number of rotatable bonds is 5. The van der Waals surface area contributed by atoms with E-state index in [0.29, 0.717) is 41.3 Å². The zero-order valence-corrected chi connectivity index (χ0v) is 16.9. The van der Waals surface area contributed by atoms with Crippen LogP contribution < -0.4 is 14.8 Å². The highest BCUT2D eigenvalue weighted by Gasteiger charge is 2.53. The van der Waals surface area contributed by atoms with E-state index >= 15 is 0 Å². The molecule has 0 radical (unpaired) electrons. The number of carbonyl (C=O) groups is 1. The first-order valence-corrected chi connectivity index (χ1v) is 10.9. The van der Waals surface area contributed by atoms with Gasteiger partial charge in [0, 0.05) is 24.5 Å². The standard InChI is InChI=1S/C19H20ClN3O4S/c1-27-17-10-13(14(20)11-22-17)19(7-8-19)18(24)23-28(25,26)16-6-2-5-15-12(16)4-3-9-21-15/h2,5-6,10-11,21H,3-4,7-9H2,1H3,(H,23,24). The second-order valence-corrected chi connectivity index (χ2v) is 9.09. The van der Waals surface area contributed by atoms with Crippen LogP contribution in [-0.2, 0) is 26.7 Å². The number of hydrogen-bond donors (Lipinski definition) is 2. The van der Waals surface area contributed by atoms with E-state index < -0.39 is 21.3 Å². The van der Waals surface area contributed by atoms with Crippen molar-refractivity contribution in [2.75, 3.05) is 19.0 Å². The van der Waals surface area contributed by atoms with Gasteiger partial charge in [0.1, 0.15) is 0 Å². The molecule has 2 heterocycles. The molecule has 0 unspecified atom stereocenters. The zero-order valence-electron chi connectivity index (χ0n) is 15.3. The molecule has 2 N–H and O–H groups in total. The number of sulfonamides is 1. The van der Waals surface area contributed by atoms with Crippen LogP contribution in [0.5, 0.6) is 5.88 Å². The van der Waals surface area contributed by atoms with E-state index in [0.717, 1.165) is 18.7 Å². The fourth-order valence-corrected chi connectivity index (χ4v) is 5.27. The van der Waals surface area contributed by atoms with Crippen molar-refractivity contribution in [1.82, 2.24) is 9.71 Å². The van der Waals surface area contributed by atoms with Crippen LogP contribution >= 0.6 is 11.6 Å². The van der Waals surface area contributed by atoms with Crippen molar-refractivity contribution in [2.45, 2.75) is 36.0 Å². The number of carbonyl (C=O) groups excluding carboxylic acids is 1. The van der Waals surface area contributed by atoms with Crippen LogP contribution in [0.25, 0.3) is 0 Å². The molecule has 1 fully saturated rings. The number of aromatic nitrogens is 1. The minimum absolute atomic E-state index is 0.139. The molecule has 7 nitrogen and oxygen atoms in total. The Morgan fingerprint density at radius 2 is 2.14 bits per heavy atom. The molecular formula is C19H20ClN3O4S. The van der Waals surface area contributed by atoms with E-state index in [1.54, 1.807) is 12.1 Å². The molecule has 2 aliphatic rings. The summed E-state index contributed by atoms with van der Waals surface area (Å²) in [7, 11) is -2.54. The summed E-state index contributed by atoms with van der Waals surface area (Å²) in [5.74, 6) is -0.256. The lowest BCUT2D eigenvalue weighted by molar-refractivity contribution is -0.121. The highest BCUT2D eigenvalue weighted by atomic mass is 35.5. The second kappa shape index (κ2) is 6.93. The molecule has 1 saturated carbocycles. The van der Waals surface area contributed by atoms with Crippen LogP contribution in [0, 0.1) is 0 Å². The predicted molar refractivity (Wildman–Crippen MR) is 105 cm³/mol. The Morgan fingerprint density at radius 1 is 1.36 bits per heavy atom. The molecule has 4 rings (SSSR count). The van der Waals surface area contributed by atoms with E-state index in [-0.39, 0.29) is 4.90 Å². The predicted octanol–water partition coefficient (Wildman–Crippen LogP) is 2.64. The summed E-state index contributed by atoms with van der Waals surface area (Å²) in [6.07, 6.45) is 3.91. The topological polar surface area (TPSA) is 97.4 Å². The normalized spacial score (nSPS) is 17.2. The van der Waals surface area contributed by atoms with Crippen molar-refractivity contribution in [3.05, 3.63) is 46.6 Å². The number of ether oxygens (including phenoxy) is 1. The van der Waals surface area contributed by atoms with Crippen molar-refractivity contribution >= 4 is 33.2 Å². The van der Waals surface area contributed by atoms with Gasteiger partial charge < -0.3 is 10.1 Å². The second-order valence-electron chi connectivity index (χ2n) is 7.04. The number of pyridine rings is 1. The van der Waals surface area contributed by atoms with Gasteiger partial charge in [-0.05, 0) is 48.9 Å².